The second-order valence-electron chi connectivity index (χ2n) is 7.98. The van der Waals surface area contributed by atoms with Gasteiger partial charge < -0.3 is 9.14 Å². The molecule has 3 aromatic heterocycles. The number of halogens is 1. The van der Waals surface area contributed by atoms with Crippen molar-refractivity contribution in [2.75, 3.05) is 14.2 Å². The Kier molecular flexibility index (Phi) is 5.62. The Balaban J connectivity index is 1.49. The van der Waals surface area contributed by atoms with Crippen molar-refractivity contribution in [3.8, 4) is 22.7 Å². The molecule has 5 rings (SSSR count). The third-order valence-corrected chi connectivity index (χ3v) is 5.61. The van der Waals surface area contributed by atoms with Gasteiger partial charge in [-0.3, -0.25) is 4.90 Å². The number of para-hydroxylation sites is 1. The summed E-state index contributed by atoms with van der Waals surface area (Å²) in [7, 11) is 3.56. The van der Waals surface area contributed by atoms with E-state index in [1.54, 1.807) is 16.8 Å². The summed E-state index contributed by atoms with van der Waals surface area (Å²) >= 11 is 0. The van der Waals surface area contributed by atoms with Gasteiger partial charge >= 0.3 is 0 Å². The lowest BCUT2D eigenvalue weighted by Crippen LogP contribution is -2.18. The number of hydrogen-bond donors (Lipinski definition) is 0. The molecule has 0 aliphatic rings. The minimum atomic E-state index is -0.363. The van der Waals surface area contributed by atoms with Crippen LogP contribution in [0.4, 0.5) is 4.39 Å². The van der Waals surface area contributed by atoms with E-state index in [1.807, 2.05) is 74.2 Å². The summed E-state index contributed by atoms with van der Waals surface area (Å²) in [5, 5.41) is 4.76. The topological polar surface area (TPSA) is 47.6 Å². The molecule has 0 saturated carbocycles. The lowest BCUT2D eigenvalue weighted by molar-refractivity contribution is 0.314. The number of ether oxygens (including phenoxy) is 1. The van der Waals surface area contributed by atoms with E-state index in [4.69, 9.17) is 9.84 Å². The van der Waals surface area contributed by atoms with Crippen LogP contribution in [0, 0.1) is 5.82 Å². The SMILES string of the molecule is COc1ccc(-c2nn(-c3ccccc3)cc2CN(C)Cc2cnc3ccccn23)c(F)c1. The van der Waals surface area contributed by atoms with Gasteiger partial charge in [-0.25, -0.2) is 14.1 Å². The fraction of sp³-hybridized carbons (Fsp3) is 0.154. The van der Waals surface area contributed by atoms with Gasteiger partial charge in [0.2, 0.25) is 0 Å². The minimum absolute atomic E-state index is 0.363. The molecule has 0 bridgehead atoms. The molecule has 0 fully saturated rings. The van der Waals surface area contributed by atoms with E-state index in [1.165, 1.54) is 13.2 Å². The summed E-state index contributed by atoms with van der Waals surface area (Å²) in [5.41, 5.74) is 4.91. The van der Waals surface area contributed by atoms with E-state index in [0.717, 1.165) is 22.6 Å². The molecular weight excluding hydrogens is 417 g/mol. The number of fused-ring (bicyclic) bond motifs is 1. The van der Waals surface area contributed by atoms with Crippen LogP contribution in [0.25, 0.3) is 22.6 Å². The average Bonchev–Trinajstić information content (AvgIpc) is 3.44. The zero-order chi connectivity index (χ0) is 22.8. The van der Waals surface area contributed by atoms with Crippen molar-refractivity contribution in [2.24, 2.45) is 0 Å². The van der Waals surface area contributed by atoms with Gasteiger partial charge in [-0.05, 0) is 43.4 Å². The van der Waals surface area contributed by atoms with E-state index in [0.29, 0.717) is 30.1 Å². The highest BCUT2D eigenvalue weighted by atomic mass is 19.1. The Morgan fingerprint density at radius 1 is 1.00 bits per heavy atom. The van der Waals surface area contributed by atoms with Crippen LogP contribution in [0.2, 0.25) is 0 Å². The molecule has 5 aromatic rings. The molecule has 6 nitrogen and oxygen atoms in total. The number of imidazole rings is 1. The van der Waals surface area contributed by atoms with Crippen molar-refractivity contribution in [3.63, 3.8) is 0 Å². The number of pyridine rings is 1. The van der Waals surface area contributed by atoms with E-state index in [2.05, 4.69) is 14.3 Å². The van der Waals surface area contributed by atoms with Crippen LogP contribution in [-0.4, -0.2) is 38.2 Å². The first-order chi connectivity index (χ1) is 16.1. The number of rotatable bonds is 7. The summed E-state index contributed by atoms with van der Waals surface area (Å²) in [6.07, 6.45) is 5.87. The van der Waals surface area contributed by atoms with Crippen LogP contribution in [0.5, 0.6) is 5.75 Å². The number of aromatic nitrogens is 4. The molecule has 0 amide bonds. The summed E-state index contributed by atoms with van der Waals surface area (Å²) in [5.74, 6) is 0.114. The number of benzene rings is 2. The monoisotopic (exact) mass is 441 g/mol. The average molecular weight is 442 g/mol. The fourth-order valence-corrected chi connectivity index (χ4v) is 4.01. The van der Waals surface area contributed by atoms with Crippen molar-refractivity contribution < 1.29 is 9.13 Å². The summed E-state index contributed by atoms with van der Waals surface area (Å²) < 4.78 is 24.0. The van der Waals surface area contributed by atoms with Crippen molar-refractivity contribution in [2.45, 2.75) is 13.1 Å². The smallest absolute Gasteiger partial charge is 0.136 e. The van der Waals surface area contributed by atoms with E-state index in [9.17, 15) is 4.39 Å². The molecule has 3 heterocycles. The quantitative estimate of drug-likeness (QED) is 0.358. The molecule has 0 radical (unpaired) electrons. The van der Waals surface area contributed by atoms with Gasteiger partial charge in [0.05, 0.1) is 24.7 Å². The maximum absolute atomic E-state index is 15.0. The number of nitrogens with zero attached hydrogens (tertiary/aromatic N) is 5. The fourth-order valence-electron chi connectivity index (χ4n) is 4.01. The third kappa shape index (κ3) is 4.23. The van der Waals surface area contributed by atoms with Crippen LogP contribution in [-0.2, 0) is 13.1 Å². The molecule has 0 spiro atoms. The van der Waals surface area contributed by atoms with Crippen LogP contribution >= 0.6 is 0 Å². The van der Waals surface area contributed by atoms with Gasteiger partial charge in [-0.2, -0.15) is 5.10 Å². The molecule has 0 aliphatic heterocycles. The molecule has 0 aliphatic carbocycles. The zero-order valence-electron chi connectivity index (χ0n) is 18.5. The predicted octanol–water partition coefficient (Wildman–Crippen LogP) is 4.97. The Hall–Kier alpha value is -3.97. The van der Waals surface area contributed by atoms with Gasteiger partial charge in [-0.1, -0.05) is 24.3 Å². The lowest BCUT2D eigenvalue weighted by atomic mass is 10.1. The van der Waals surface area contributed by atoms with E-state index < -0.39 is 0 Å². The number of methoxy groups -OCH3 is 1. The van der Waals surface area contributed by atoms with Gasteiger partial charge in [-0.15, -0.1) is 0 Å². The molecule has 0 atom stereocenters. The van der Waals surface area contributed by atoms with Gasteiger partial charge in [0.15, 0.2) is 0 Å². The molecule has 33 heavy (non-hydrogen) atoms. The molecule has 0 saturated heterocycles. The van der Waals surface area contributed by atoms with Gasteiger partial charge in [0, 0.05) is 42.7 Å². The number of hydrogen-bond acceptors (Lipinski definition) is 4. The first-order valence-electron chi connectivity index (χ1n) is 10.7. The highest BCUT2D eigenvalue weighted by Crippen LogP contribution is 2.29. The van der Waals surface area contributed by atoms with Crippen LogP contribution in [0.3, 0.4) is 0 Å². The highest BCUT2D eigenvalue weighted by molar-refractivity contribution is 5.65. The normalized spacial score (nSPS) is 11.4. The molecule has 2 aromatic carbocycles. The van der Waals surface area contributed by atoms with E-state index in [-0.39, 0.29) is 5.82 Å². The highest BCUT2D eigenvalue weighted by Gasteiger charge is 2.18. The summed E-state index contributed by atoms with van der Waals surface area (Å²) in [6, 6.07) is 20.7. The van der Waals surface area contributed by atoms with Crippen LogP contribution in [0.1, 0.15) is 11.3 Å². The summed E-state index contributed by atoms with van der Waals surface area (Å²) in [4.78, 5) is 6.65. The third-order valence-electron chi connectivity index (χ3n) is 5.61. The molecule has 7 heteroatoms. The summed E-state index contributed by atoms with van der Waals surface area (Å²) in [6.45, 7) is 1.28. The molecular formula is C26H24FN5O. The second-order valence-corrected chi connectivity index (χ2v) is 7.98. The Morgan fingerprint density at radius 2 is 1.82 bits per heavy atom. The first kappa shape index (κ1) is 20.9. The Labute approximate surface area is 191 Å². The van der Waals surface area contributed by atoms with Crippen molar-refractivity contribution in [1.82, 2.24) is 24.1 Å². The molecule has 166 valence electrons. The maximum Gasteiger partial charge on any atom is 0.136 e. The predicted molar refractivity (Wildman–Crippen MR) is 126 cm³/mol. The standard InChI is InChI=1S/C26H24FN5O/c1-30(18-21-15-28-25-10-6-7-13-31(21)25)16-19-17-32(20-8-4-3-5-9-20)29-26(19)23-12-11-22(33-2)14-24(23)27/h3-15,17H,16,18H2,1-2H3. The first-order valence-corrected chi connectivity index (χ1v) is 10.7. The second kappa shape index (κ2) is 8.88. The lowest BCUT2D eigenvalue weighted by Gasteiger charge is -2.16. The molecule has 0 unspecified atom stereocenters. The van der Waals surface area contributed by atoms with Crippen molar-refractivity contribution >= 4 is 5.65 Å². The van der Waals surface area contributed by atoms with Gasteiger partial charge in [0.1, 0.15) is 22.9 Å². The van der Waals surface area contributed by atoms with Crippen LogP contribution < -0.4 is 4.74 Å². The maximum atomic E-state index is 15.0. The van der Waals surface area contributed by atoms with E-state index >= 15 is 0 Å². The van der Waals surface area contributed by atoms with Crippen LogP contribution in [0.15, 0.2) is 85.3 Å². The molecule has 0 N–H and O–H groups in total. The Bertz CT molecular complexity index is 1390. The van der Waals surface area contributed by atoms with Crippen molar-refractivity contribution in [1.29, 1.82) is 0 Å². The van der Waals surface area contributed by atoms with Gasteiger partial charge in [0.25, 0.3) is 0 Å². The van der Waals surface area contributed by atoms with Crippen molar-refractivity contribution in [3.05, 3.63) is 102 Å². The largest absolute Gasteiger partial charge is 0.497 e. The minimum Gasteiger partial charge on any atom is -0.497 e. The Morgan fingerprint density at radius 3 is 2.61 bits per heavy atom. The zero-order valence-corrected chi connectivity index (χ0v) is 18.5.